The normalized spacial score (nSPS) is 19.8. The van der Waals surface area contributed by atoms with Crippen LogP contribution in [0.15, 0.2) is 73.6 Å². The first kappa shape index (κ1) is 27.1. The van der Waals surface area contributed by atoms with Crippen molar-refractivity contribution >= 4 is 28.6 Å². The van der Waals surface area contributed by atoms with E-state index in [0.717, 1.165) is 59.8 Å². The molecule has 5 aromatic rings. The molecule has 0 spiro atoms. The Labute approximate surface area is 249 Å². The van der Waals surface area contributed by atoms with Gasteiger partial charge in [0.2, 0.25) is 0 Å². The molecular weight excluding hydrogens is 542 g/mol. The van der Waals surface area contributed by atoms with Crippen molar-refractivity contribution in [1.82, 2.24) is 39.0 Å². The first-order valence-electron chi connectivity index (χ1n) is 14.6. The molecule has 220 valence electrons. The summed E-state index contributed by atoms with van der Waals surface area (Å²) < 4.78 is 9.76. The third-order valence-corrected chi connectivity index (χ3v) is 8.71. The van der Waals surface area contributed by atoms with Crippen molar-refractivity contribution in [2.45, 2.75) is 38.1 Å². The molecule has 1 aliphatic carbocycles. The van der Waals surface area contributed by atoms with Crippen LogP contribution in [0.3, 0.4) is 0 Å². The zero-order valence-electron chi connectivity index (χ0n) is 24.6. The smallest absolute Gasteiger partial charge is 0.250 e. The van der Waals surface area contributed by atoms with Crippen LogP contribution in [0, 0.1) is 12.8 Å². The zero-order valence-corrected chi connectivity index (χ0v) is 24.6. The number of ether oxygens (including phenoxy) is 1. The van der Waals surface area contributed by atoms with E-state index >= 15 is 0 Å². The molecule has 1 unspecified atom stereocenters. The molecule has 1 amide bonds. The fourth-order valence-corrected chi connectivity index (χ4v) is 6.73. The Morgan fingerprint density at radius 2 is 1.88 bits per heavy atom. The number of benzene rings is 1. The average Bonchev–Trinajstić information content (AvgIpc) is 3.65. The maximum absolute atomic E-state index is 13.2. The summed E-state index contributed by atoms with van der Waals surface area (Å²) in [5.41, 5.74) is 5.49. The lowest BCUT2D eigenvalue weighted by molar-refractivity contribution is -0.135. The maximum atomic E-state index is 13.2. The molecular formula is C32H35N9O2. The van der Waals surface area contributed by atoms with Crippen molar-refractivity contribution in [3.8, 4) is 11.5 Å². The lowest BCUT2D eigenvalue weighted by atomic mass is 9.69. The number of likely N-dealkylation sites (N-methyl/N-ethyl adjacent to an activating group) is 1. The highest BCUT2D eigenvalue weighted by Crippen LogP contribution is 2.47. The molecule has 4 aromatic heterocycles. The van der Waals surface area contributed by atoms with Crippen LogP contribution in [0.25, 0.3) is 11.2 Å². The number of pyridine rings is 1. The molecule has 6 heterocycles. The molecule has 2 bridgehead atoms. The maximum Gasteiger partial charge on any atom is 0.250 e. The van der Waals surface area contributed by atoms with Crippen molar-refractivity contribution in [2.75, 3.05) is 32.5 Å². The van der Waals surface area contributed by atoms with Gasteiger partial charge in [-0.05, 0) is 93.6 Å². The van der Waals surface area contributed by atoms with Crippen molar-refractivity contribution in [1.29, 1.82) is 0 Å². The first-order chi connectivity index (χ1) is 20.8. The van der Waals surface area contributed by atoms with Gasteiger partial charge in [-0.15, -0.1) is 0 Å². The molecule has 43 heavy (non-hydrogen) atoms. The summed E-state index contributed by atoms with van der Waals surface area (Å²) in [6.45, 7) is 7.45. The van der Waals surface area contributed by atoms with Crippen LogP contribution in [0.4, 0.5) is 11.5 Å². The summed E-state index contributed by atoms with van der Waals surface area (Å²) in [7, 11) is 3.93. The fourth-order valence-electron chi connectivity index (χ4n) is 6.73. The summed E-state index contributed by atoms with van der Waals surface area (Å²) in [5, 5.41) is 12.2. The Bertz CT molecular complexity index is 1840. The third kappa shape index (κ3) is 5.10. The van der Waals surface area contributed by atoms with E-state index in [1.165, 1.54) is 11.9 Å². The second-order valence-corrected chi connectivity index (χ2v) is 11.9. The topological polar surface area (TPSA) is 105 Å². The minimum atomic E-state index is 0.0937. The van der Waals surface area contributed by atoms with Crippen LogP contribution in [-0.2, 0) is 4.79 Å². The Kier molecular flexibility index (Phi) is 6.81. The second kappa shape index (κ2) is 10.8. The molecule has 1 saturated carbocycles. The Morgan fingerprint density at radius 3 is 2.67 bits per heavy atom. The fraction of sp³-hybridized carbons (Fsp3) is 0.344. The molecule has 11 heteroatoms. The van der Waals surface area contributed by atoms with E-state index in [-0.39, 0.29) is 11.9 Å². The molecule has 1 N–H and O–H groups in total. The molecule has 3 aliphatic rings. The number of nitrogens with zero attached hydrogens (tertiary/aromatic N) is 8. The molecule has 1 aromatic carbocycles. The van der Waals surface area contributed by atoms with Gasteiger partial charge in [0.15, 0.2) is 11.5 Å². The summed E-state index contributed by atoms with van der Waals surface area (Å²) in [4.78, 5) is 26.2. The van der Waals surface area contributed by atoms with E-state index in [2.05, 4.69) is 49.1 Å². The predicted octanol–water partition coefficient (Wildman–Crippen LogP) is 4.83. The monoisotopic (exact) mass is 577 g/mol. The van der Waals surface area contributed by atoms with E-state index in [9.17, 15) is 4.79 Å². The van der Waals surface area contributed by atoms with E-state index < -0.39 is 0 Å². The van der Waals surface area contributed by atoms with E-state index in [0.29, 0.717) is 29.7 Å². The van der Waals surface area contributed by atoms with Gasteiger partial charge in [-0.25, -0.2) is 19.0 Å². The molecule has 3 fully saturated rings. The number of rotatable bonds is 8. The summed E-state index contributed by atoms with van der Waals surface area (Å²) >= 11 is 0. The molecule has 11 nitrogen and oxygen atoms in total. The van der Waals surface area contributed by atoms with Crippen molar-refractivity contribution in [2.24, 2.45) is 5.92 Å². The van der Waals surface area contributed by atoms with Gasteiger partial charge in [-0.2, -0.15) is 10.2 Å². The number of carbonyl (C=O) groups excluding carboxylic acids is 1. The standard InChI is InChI=1S/C32H35N9O2/c1-20-13-23(6-8-28(20)43-25-9-11-40-29(15-25)33-18-35-40)37-31-30-26(10-12-41(30)36-19-34-31)27-14-24-7-5-22(27)17-39(24)32(42)21(2)16-38(3)4/h6,8-13,15,18-19,22,24,27H,2,5,7,14,16-17H2,1,3-4H3,(H,34,36,37)/t22?,24-,27-/m1/s1. The SMILES string of the molecule is C=C(CN(C)C)C(=O)N1CC2CC[C@@H]1C[C@H]2c1ccn2ncnc(Nc3ccc(Oc4ccn5ncnc5c4)c(C)c3)c12. The molecule has 2 saturated heterocycles. The average molecular weight is 578 g/mol. The van der Waals surface area contributed by atoms with Gasteiger partial charge in [0.05, 0.1) is 0 Å². The number of fused-ring (bicyclic) bond motifs is 5. The minimum absolute atomic E-state index is 0.0937. The highest BCUT2D eigenvalue weighted by Gasteiger charge is 2.44. The number of nitrogens with one attached hydrogen (secondary N) is 1. The van der Waals surface area contributed by atoms with Gasteiger partial charge in [-0.3, -0.25) is 4.79 Å². The summed E-state index contributed by atoms with van der Waals surface area (Å²) in [6, 6.07) is 12.1. The number of anilines is 2. The number of carbonyl (C=O) groups is 1. The third-order valence-electron chi connectivity index (χ3n) is 8.71. The number of hydrogen-bond donors (Lipinski definition) is 1. The Hall–Kier alpha value is -4.77. The van der Waals surface area contributed by atoms with Gasteiger partial charge in [0.25, 0.3) is 5.91 Å². The largest absolute Gasteiger partial charge is 0.457 e. The van der Waals surface area contributed by atoms with Crippen LogP contribution in [-0.4, -0.2) is 78.1 Å². The van der Waals surface area contributed by atoms with Crippen LogP contribution >= 0.6 is 0 Å². The number of aromatic nitrogens is 6. The number of aryl methyl sites for hydroxylation is 1. The van der Waals surface area contributed by atoms with Gasteiger partial charge in [0.1, 0.15) is 29.7 Å². The van der Waals surface area contributed by atoms with Crippen LogP contribution in [0.5, 0.6) is 11.5 Å². The highest BCUT2D eigenvalue weighted by atomic mass is 16.5. The molecule has 3 atom stereocenters. The molecule has 0 radical (unpaired) electrons. The van der Waals surface area contributed by atoms with E-state index in [4.69, 9.17) is 4.74 Å². The second-order valence-electron chi connectivity index (χ2n) is 11.9. The number of hydrogen-bond acceptors (Lipinski definition) is 8. The van der Waals surface area contributed by atoms with Crippen molar-refractivity contribution < 1.29 is 9.53 Å². The number of amides is 1. The van der Waals surface area contributed by atoms with Crippen LogP contribution in [0.1, 0.15) is 36.3 Å². The van der Waals surface area contributed by atoms with Crippen molar-refractivity contribution in [3.63, 3.8) is 0 Å². The first-order valence-corrected chi connectivity index (χ1v) is 14.6. The Morgan fingerprint density at radius 1 is 1.07 bits per heavy atom. The van der Waals surface area contributed by atoms with Gasteiger partial charge in [0, 0.05) is 48.9 Å². The number of piperidine rings is 2. The predicted molar refractivity (Wildman–Crippen MR) is 164 cm³/mol. The van der Waals surface area contributed by atoms with Gasteiger partial charge >= 0.3 is 0 Å². The van der Waals surface area contributed by atoms with Crippen molar-refractivity contribution in [3.05, 3.63) is 84.7 Å². The molecule has 2 aliphatic heterocycles. The van der Waals surface area contributed by atoms with Crippen LogP contribution < -0.4 is 10.1 Å². The van der Waals surface area contributed by atoms with Gasteiger partial charge < -0.3 is 19.9 Å². The minimum Gasteiger partial charge on any atom is -0.457 e. The van der Waals surface area contributed by atoms with Gasteiger partial charge in [-0.1, -0.05) is 6.58 Å². The van der Waals surface area contributed by atoms with E-state index in [1.807, 2.05) is 67.1 Å². The van der Waals surface area contributed by atoms with E-state index in [1.54, 1.807) is 10.8 Å². The quantitative estimate of drug-likeness (QED) is 0.262. The zero-order chi connectivity index (χ0) is 29.7. The lowest BCUT2D eigenvalue weighted by Gasteiger charge is -2.50. The summed E-state index contributed by atoms with van der Waals surface area (Å²) in [5.74, 6) is 3.03. The lowest BCUT2D eigenvalue weighted by Crippen LogP contribution is -2.54. The Balaban J connectivity index is 1.11. The molecule has 8 rings (SSSR count). The summed E-state index contributed by atoms with van der Waals surface area (Å²) in [6.07, 6.45) is 10.0. The van der Waals surface area contributed by atoms with Crippen LogP contribution in [0.2, 0.25) is 0 Å². The highest BCUT2D eigenvalue weighted by molar-refractivity contribution is 5.93.